The highest BCUT2D eigenvalue weighted by molar-refractivity contribution is 7.89. The van der Waals surface area contributed by atoms with Crippen LogP contribution in [0.1, 0.15) is 25.1 Å². The number of nitrogens with one attached hydrogen (secondary N) is 2. The molecule has 0 aromatic carbocycles. The Balaban J connectivity index is 1.80. The number of aromatic nitrogens is 2. The fourth-order valence-electron chi connectivity index (χ4n) is 2.47. The van der Waals surface area contributed by atoms with Crippen molar-refractivity contribution >= 4 is 10.0 Å². The number of hydrogen-bond donors (Lipinski definition) is 2. The van der Waals surface area contributed by atoms with E-state index in [4.69, 9.17) is 4.74 Å². The molecule has 0 radical (unpaired) electrons. The van der Waals surface area contributed by atoms with Crippen molar-refractivity contribution in [1.82, 2.24) is 19.8 Å². The van der Waals surface area contributed by atoms with E-state index in [1.807, 2.05) is 20.8 Å². The van der Waals surface area contributed by atoms with E-state index in [0.29, 0.717) is 26.2 Å². The summed E-state index contributed by atoms with van der Waals surface area (Å²) in [4.78, 5) is 0. The van der Waals surface area contributed by atoms with Gasteiger partial charge in [0.05, 0.1) is 24.2 Å². The highest BCUT2D eigenvalue weighted by Crippen LogP contribution is 2.14. The number of nitrogens with zero attached hydrogens (tertiary/aromatic N) is 2. The molecule has 2 rings (SSSR count). The molecular weight excluding hydrogens is 292 g/mol. The molecule has 1 aliphatic heterocycles. The molecule has 21 heavy (non-hydrogen) atoms. The monoisotopic (exact) mass is 316 g/mol. The first kappa shape index (κ1) is 16.4. The van der Waals surface area contributed by atoms with Gasteiger partial charge in [-0.25, -0.2) is 8.42 Å². The van der Waals surface area contributed by atoms with Crippen molar-refractivity contribution in [2.24, 2.45) is 0 Å². The Kier molecular flexibility index (Phi) is 5.37. The minimum absolute atomic E-state index is 0.0509. The van der Waals surface area contributed by atoms with E-state index < -0.39 is 10.0 Å². The van der Waals surface area contributed by atoms with E-state index >= 15 is 0 Å². The second-order valence-corrected chi connectivity index (χ2v) is 7.68. The van der Waals surface area contributed by atoms with Crippen molar-refractivity contribution in [1.29, 1.82) is 0 Å². The number of aromatic amines is 1. The second kappa shape index (κ2) is 6.87. The number of hydrogen-bond acceptors (Lipinski definition) is 5. The fraction of sp³-hybridized carbons (Fsp3) is 0.769. The largest absolute Gasteiger partial charge is 0.373 e. The third-order valence-corrected chi connectivity index (χ3v) is 5.37. The molecule has 2 unspecified atom stereocenters. The van der Waals surface area contributed by atoms with Gasteiger partial charge in [-0.2, -0.15) is 9.40 Å². The lowest BCUT2D eigenvalue weighted by molar-refractivity contribution is -0.0440. The molecule has 7 nitrogen and oxygen atoms in total. The second-order valence-electron chi connectivity index (χ2n) is 5.59. The molecule has 0 spiro atoms. The SMILES string of the molecule is Cc1[nH]ncc1CNCCS(=O)(=O)N1CC(C)OC(C)C1. The van der Waals surface area contributed by atoms with Gasteiger partial charge in [0.1, 0.15) is 0 Å². The molecule has 1 aromatic heterocycles. The maximum absolute atomic E-state index is 12.3. The lowest BCUT2D eigenvalue weighted by Crippen LogP contribution is -2.49. The first-order valence-electron chi connectivity index (χ1n) is 7.21. The minimum Gasteiger partial charge on any atom is -0.373 e. The van der Waals surface area contributed by atoms with E-state index in [1.54, 1.807) is 6.20 Å². The number of aryl methyl sites for hydroxylation is 1. The van der Waals surface area contributed by atoms with Crippen molar-refractivity contribution < 1.29 is 13.2 Å². The van der Waals surface area contributed by atoms with Gasteiger partial charge in [-0.05, 0) is 20.8 Å². The molecule has 120 valence electrons. The Morgan fingerprint density at radius 1 is 1.43 bits per heavy atom. The molecule has 2 atom stereocenters. The first-order chi connectivity index (χ1) is 9.88. The van der Waals surface area contributed by atoms with Gasteiger partial charge >= 0.3 is 0 Å². The Morgan fingerprint density at radius 3 is 2.67 bits per heavy atom. The molecule has 1 aromatic rings. The van der Waals surface area contributed by atoms with Crippen LogP contribution in [0, 0.1) is 6.92 Å². The lowest BCUT2D eigenvalue weighted by Gasteiger charge is -2.34. The number of ether oxygens (including phenoxy) is 1. The predicted octanol–water partition coefficient (Wildman–Crippen LogP) is 0.247. The zero-order valence-electron chi connectivity index (χ0n) is 12.8. The van der Waals surface area contributed by atoms with Crippen LogP contribution >= 0.6 is 0 Å². The molecule has 2 heterocycles. The molecule has 1 saturated heterocycles. The molecule has 0 aliphatic carbocycles. The van der Waals surface area contributed by atoms with Crippen molar-refractivity contribution in [3.05, 3.63) is 17.5 Å². The van der Waals surface area contributed by atoms with Crippen molar-refractivity contribution in [3.8, 4) is 0 Å². The maximum Gasteiger partial charge on any atom is 0.215 e. The van der Waals surface area contributed by atoms with E-state index in [9.17, 15) is 8.42 Å². The zero-order valence-corrected chi connectivity index (χ0v) is 13.6. The molecule has 0 amide bonds. The van der Waals surface area contributed by atoms with Gasteiger partial charge in [-0.15, -0.1) is 0 Å². The summed E-state index contributed by atoms with van der Waals surface area (Å²) in [6.45, 7) is 7.66. The van der Waals surface area contributed by atoms with Gasteiger partial charge in [0.2, 0.25) is 10.0 Å². The van der Waals surface area contributed by atoms with E-state index in [1.165, 1.54) is 4.31 Å². The third kappa shape index (κ3) is 4.50. The number of morpholine rings is 1. The molecule has 1 aliphatic rings. The third-order valence-electron chi connectivity index (χ3n) is 3.57. The summed E-state index contributed by atoms with van der Waals surface area (Å²) in [6, 6.07) is 0. The normalized spacial score (nSPS) is 24.3. The van der Waals surface area contributed by atoms with Gasteiger partial charge in [0.25, 0.3) is 0 Å². The van der Waals surface area contributed by atoms with Gasteiger partial charge < -0.3 is 10.1 Å². The quantitative estimate of drug-likeness (QED) is 0.735. The van der Waals surface area contributed by atoms with Crippen LogP contribution in [0.25, 0.3) is 0 Å². The van der Waals surface area contributed by atoms with Crippen molar-refractivity contribution in [2.45, 2.75) is 39.5 Å². The Bertz CT molecular complexity index is 548. The van der Waals surface area contributed by atoms with Gasteiger partial charge in [-0.1, -0.05) is 0 Å². The summed E-state index contributed by atoms with van der Waals surface area (Å²) < 4.78 is 31.7. The van der Waals surface area contributed by atoms with E-state index in [2.05, 4.69) is 15.5 Å². The summed E-state index contributed by atoms with van der Waals surface area (Å²) in [6.07, 6.45) is 1.65. The summed E-state index contributed by atoms with van der Waals surface area (Å²) in [7, 11) is -3.23. The van der Waals surface area contributed by atoms with Gasteiger partial charge in [0, 0.05) is 37.4 Å². The summed E-state index contributed by atoms with van der Waals surface area (Å²) >= 11 is 0. The van der Waals surface area contributed by atoms with Crippen LogP contribution in [0.15, 0.2) is 6.20 Å². The molecular formula is C13H24N4O3S. The van der Waals surface area contributed by atoms with E-state index in [0.717, 1.165) is 11.3 Å². The molecule has 8 heteroatoms. The van der Waals surface area contributed by atoms with Gasteiger partial charge in [-0.3, -0.25) is 5.10 Å². The lowest BCUT2D eigenvalue weighted by atomic mass is 10.3. The smallest absolute Gasteiger partial charge is 0.215 e. The average Bonchev–Trinajstić information content (AvgIpc) is 2.79. The predicted molar refractivity (Wildman–Crippen MR) is 80.4 cm³/mol. The highest BCUT2D eigenvalue weighted by Gasteiger charge is 2.30. The van der Waals surface area contributed by atoms with Crippen molar-refractivity contribution in [3.63, 3.8) is 0 Å². The Hall–Kier alpha value is -0.960. The van der Waals surface area contributed by atoms with Crippen LogP contribution < -0.4 is 5.32 Å². The highest BCUT2D eigenvalue weighted by atomic mass is 32.2. The van der Waals surface area contributed by atoms with Crippen LogP contribution in [-0.2, 0) is 21.3 Å². The van der Waals surface area contributed by atoms with Crippen LogP contribution in [0.2, 0.25) is 0 Å². The first-order valence-corrected chi connectivity index (χ1v) is 8.82. The average molecular weight is 316 g/mol. The summed E-state index contributed by atoms with van der Waals surface area (Å²) in [5.74, 6) is 0.101. The van der Waals surface area contributed by atoms with Crippen LogP contribution in [0.5, 0.6) is 0 Å². The summed E-state index contributed by atoms with van der Waals surface area (Å²) in [5, 5.41) is 9.94. The molecule has 0 saturated carbocycles. The Morgan fingerprint density at radius 2 is 2.10 bits per heavy atom. The van der Waals surface area contributed by atoms with Crippen molar-refractivity contribution in [2.75, 3.05) is 25.4 Å². The number of rotatable bonds is 6. The zero-order chi connectivity index (χ0) is 15.5. The fourth-order valence-corrected chi connectivity index (χ4v) is 4.00. The molecule has 1 fully saturated rings. The number of sulfonamides is 1. The number of H-pyrrole nitrogens is 1. The topological polar surface area (TPSA) is 87.3 Å². The Labute approximate surface area is 126 Å². The van der Waals surface area contributed by atoms with E-state index in [-0.39, 0.29) is 18.0 Å². The minimum atomic E-state index is -3.23. The maximum atomic E-state index is 12.3. The van der Waals surface area contributed by atoms with Crippen LogP contribution in [0.4, 0.5) is 0 Å². The summed E-state index contributed by atoms with van der Waals surface area (Å²) in [5.41, 5.74) is 2.06. The molecule has 2 N–H and O–H groups in total. The molecule has 0 bridgehead atoms. The van der Waals surface area contributed by atoms with Gasteiger partial charge in [0.15, 0.2) is 0 Å². The standard InChI is InChI=1S/C13H24N4O3S/c1-10-8-17(9-11(2)20-10)21(18,19)5-4-14-6-13-7-15-16-12(13)3/h7,10-11,14H,4-6,8-9H2,1-3H3,(H,15,16). The van der Waals surface area contributed by atoms with Crippen LogP contribution in [0.3, 0.4) is 0 Å². The van der Waals surface area contributed by atoms with Crippen LogP contribution in [-0.4, -0.2) is 60.5 Å².